The first kappa shape index (κ1) is 12.2. The molecule has 0 heterocycles. The Balaban J connectivity index is 2.31. The second kappa shape index (κ2) is 4.92. The van der Waals surface area contributed by atoms with E-state index in [9.17, 15) is 9.90 Å². The first-order chi connectivity index (χ1) is 8.60. The maximum Gasteiger partial charge on any atom is 0.338 e. The van der Waals surface area contributed by atoms with E-state index in [1.807, 2.05) is 6.07 Å². The SMILES string of the molecule is CC=C(C)C(=O)Oc1ccc2cc(O)ccc2c1. The number of hydrogen-bond acceptors (Lipinski definition) is 3. The van der Waals surface area contributed by atoms with Crippen molar-refractivity contribution in [1.82, 2.24) is 0 Å². The molecule has 0 aliphatic carbocycles. The number of rotatable bonds is 2. The summed E-state index contributed by atoms with van der Waals surface area (Å²) < 4.78 is 5.24. The average Bonchev–Trinajstić information content (AvgIpc) is 2.38. The molecule has 0 spiro atoms. The first-order valence-electron chi connectivity index (χ1n) is 5.68. The standard InChI is InChI=1S/C15H14O3/c1-3-10(2)15(17)18-14-7-5-11-8-13(16)6-4-12(11)9-14/h3-9,16H,1-2H3. The summed E-state index contributed by atoms with van der Waals surface area (Å²) in [6.45, 7) is 3.50. The van der Waals surface area contributed by atoms with Crippen LogP contribution >= 0.6 is 0 Å². The quantitative estimate of drug-likeness (QED) is 0.498. The molecular formula is C15H14O3. The maximum atomic E-state index is 11.6. The summed E-state index contributed by atoms with van der Waals surface area (Å²) >= 11 is 0. The van der Waals surface area contributed by atoms with Crippen LogP contribution in [0.25, 0.3) is 10.8 Å². The third-order valence-electron chi connectivity index (χ3n) is 2.76. The van der Waals surface area contributed by atoms with Gasteiger partial charge in [0.2, 0.25) is 0 Å². The van der Waals surface area contributed by atoms with E-state index in [1.54, 1.807) is 50.3 Å². The maximum absolute atomic E-state index is 11.6. The largest absolute Gasteiger partial charge is 0.508 e. The Kier molecular flexibility index (Phi) is 3.33. The average molecular weight is 242 g/mol. The van der Waals surface area contributed by atoms with Crippen molar-refractivity contribution in [3.8, 4) is 11.5 Å². The van der Waals surface area contributed by atoms with E-state index in [4.69, 9.17) is 4.74 Å². The molecule has 18 heavy (non-hydrogen) atoms. The lowest BCUT2D eigenvalue weighted by Gasteiger charge is -2.06. The van der Waals surface area contributed by atoms with Gasteiger partial charge in [-0.3, -0.25) is 0 Å². The fraction of sp³-hybridized carbons (Fsp3) is 0.133. The number of aromatic hydroxyl groups is 1. The van der Waals surface area contributed by atoms with Crippen molar-refractivity contribution in [2.24, 2.45) is 0 Å². The molecule has 2 aromatic carbocycles. The molecule has 3 heteroatoms. The Hall–Kier alpha value is -2.29. The smallest absolute Gasteiger partial charge is 0.338 e. The predicted octanol–water partition coefficient (Wildman–Crippen LogP) is 3.42. The third kappa shape index (κ3) is 2.51. The van der Waals surface area contributed by atoms with Crippen LogP contribution in [0.5, 0.6) is 11.5 Å². The van der Waals surface area contributed by atoms with E-state index in [-0.39, 0.29) is 11.7 Å². The number of allylic oxidation sites excluding steroid dienone is 1. The Morgan fingerprint density at radius 3 is 2.56 bits per heavy atom. The van der Waals surface area contributed by atoms with Crippen LogP contribution in [0, 0.1) is 0 Å². The van der Waals surface area contributed by atoms with Crippen molar-refractivity contribution in [2.75, 3.05) is 0 Å². The molecule has 0 atom stereocenters. The lowest BCUT2D eigenvalue weighted by Crippen LogP contribution is -2.08. The van der Waals surface area contributed by atoms with Crippen LogP contribution < -0.4 is 4.74 Å². The molecule has 2 aromatic rings. The Morgan fingerprint density at radius 1 is 1.17 bits per heavy atom. The van der Waals surface area contributed by atoms with Gasteiger partial charge in [-0.2, -0.15) is 0 Å². The molecule has 3 nitrogen and oxygen atoms in total. The van der Waals surface area contributed by atoms with Crippen molar-refractivity contribution in [3.05, 3.63) is 48.0 Å². The predicted molar refractivity (Wildman–Crippen MR) is 70.7 cm³/mol. The number of phenolic OH excluding ortho intramolecular Hbond substituents is 1. The molecule has 0 aliphatic heterocycles. The molecule has 0 fully saturated rings. The third-order valence-corrected chi connectivity index (χ3v) is 2.76. The van der Waals surface area contributed by atoms with Crippen molar-refractivity contribution in [2.45, 2.75) is 13.8 Å². The van der Waals surface area contributed by atoms with E-state index in [1.165, 1.54) is 0 Å². The molecular weight excluding hydrogens is 228 g/mol. The van der Waals surface area contributed by atoms with Crippen molar-refractivity contribution >= 4 is 16.7 Å². The fourth-order valence-corrected chi connectivity index (χ4v) is 1.58. The molecule has 2 rings (SSSR count). The van der Waals surface area contributed by atoms with Crippen molar-refractivity contribution in [3.63, 3.8) is 0 Å². The van der Waals surface area contributed by atoms with Crippen LogP contribution in [0.1, 0.15) is 13.8 Å². The zero-order valence-electron chi connectivity index (χ0n) is 10.3. The topological polar surface area (TPSA) is 46.5 Å². The van der Waals surface area contributed by atoms with Gasteiger partial charge < -0.3 is 9.84 Å². The van der Waals surface area contributed by atoms with Crippen LogP contribution in [0.3, 0.4) is 0 Å². The highest BCUT2D eigenvalue weighted by Crippen LogP contribution is 2.24. The molecule has 0 saturated heterocycles. The van der Waals surface area contributed by atoms with Gasteiger partial charge in [0.15, 0.2) is 0 Å². The van der Waals surface area contributed by atoms with E-state index >= 15 is 0 Å². The minimum atomic E-state index is -0.351. The zero-order chi connectivity index (χ0) is 13.1. The molecule has 0 bridgehead atoms. The molecule has 0 saturated carbocycles. The normalized spacial score (nSPS) is 11.6. The van der Waals surface area contributed by atoms with E-state index in [2.05, 4.69) is 0 Å². The van der Waals surface area contributed by atoms with Gasteiger partial charge in [-0.05, 0) is 48.9 Å². The number of phenols is 1. The zero-order valence-corrected chi connectivity index (χ0v) is 10.3. The van der Waals surface area contributed by atoms with Gasteiger partial charge in [-0.15, -0.1) is 0 Å². The van der Waals surface area contributed by atoms with E-state index in [0.717, 1.165) is 10.8 Å². The number of esters is 1. The number of carbonyl (C=O) groups excluding carboxylic acids is 1. The van der Waals surface area contributed by atoms with Gasteiger partial charge in [0, 0.05) is 5.57 Å². The molecule has 0 aliphatic rings. The summed E-state index contributed by atoms with van der Waals surface area (Å²) in [6.07, 6.45) is 1.71. The highest BCUT2D eigenvalue weighted by Gasteiger charge is 2.07. The molecule has 0 aromatic heterocycles. The lowest BCUT2D eigenvalue weighted by molar-refractivity contribution is -0.130. The number of hydrogen-bond donors (Lipinski definition) is 1. The Labute approximate surface area is 105 Å². The monoisotopic (exact) mass is 242 g/mol. The fourth-order valence-electron chi connectivity index (χ4n) is 1.58. The van der Waals surface area contributed by atoms with Crippen LogP contribution in [-0.4, -0.2) is 11.1 Å². The van der Waals surface area contributed by atoms with Gasteiger partial charge in [-0.25, -0.2) is 4.79 Å². The summed E-state index contributed by atoms with van der Waals surface area (Å²) in [5.41, 5.74) is 0.570. The summed E-state index contributed by atoms with van der Waals surface area (Å²) in [5.74, 6) is 0.368. The van der Waals surface area contributed by atoms with Crippen LogP contribution in [0.2, 0.25) is 0 Å². The van der Waals surface area contributed by atoms with E-state index < -0.39 is 0 Å². The molecule has 92 valence electrons. The highest BCUT2D eigenvalue weighted by molar-refractivity contribution is 5.91. The van der Waals surface area contributed by atoms with Gasteiger partial charge in [0.1, 0.15) is 11.5 Å². The second-order valence-corrected chi connectivity index (χ2v) is 4.05. The Morgan fingerprint density at radius 2 is 1.83 bits per heavy atom. The highest BCUT2D eigenvalue weighted by atomic mass is 16.5. The summed E-state index contributed by atoms with van der Waals surface area (Å²) in [4.78, 5) is 11.6. The molecule has 1 N–H and O–H groups in total. The molecule has 0 amide bonds. The van der Waals surface area contributed by atoms with Gasteiger partial charge in [0.05, 0.1) is 0 Å². The van der Waals surface area contributed by atoms with Gasteiger partial charge >= 0.3 is 5.97 Å². The molecule has 0 unspecified atom stereocenters. The van der Waals surface area contributed by atoms with Gasteiger partial charge in [-0.1, -0.05) is 18.2 Å². The number of carbonyl (C=O) groups is 1. The summed E-state index contributed by atoms with van der Waals surface area (Å²) in [5, 5.41) is 11.2. The number of benzene rings is 2. The van der Waals surface area contributed by atoms with E-state index in [0.29, 0.717) is 11.3 Å². The first-order valence-corrected chi connectivity index (χ1v) is 5.68. The minimum Gasteiger partial charge on any atom is -0.508 e. The van der Waals surface area contributed by atoms with Gasteiger partial charge in [0.25, 0.3) is 0 Å². The number of ether oxygens (including phenoxy) is 1. The van der Waals surface area contributed by atoms with Crippen LogP contribution in [0.15, 0.2) is 48.0 Å². The van der Waals surface area contributed by atoms with Crippen molar-refractivity contribution < 1.29 is 14.6 Å². The van der Waals surface area contributed by atoms with Crippen LogP contribution in [-0.2, 0) is 4.79 Å². The Bertz CT molecular complexity index is 627. The van der Waals surface area contributed by atoms with Crippen molar-refractivity contribution in [1.29, 1.82) is 0 Å². The summed E-state index contributed by atoms with van der Waals surface area (Å²) in [7, 11) is 0. The summed E-state index contributed by atoms with van der Waals surface area (Å²) in [6, 6.07) is 10.3. The lowest BCUT2D eigenvalue weighted by atomic mass is 10.1. The van der Waals surface area contributed by atoms with Crippen LogP contribution in [0.4, 0.5) is 0 Å². The number of fused-ring (bicyclic) bond motifs is 1. The second-order valence-electron chi connectivity index (χ2n) is 4.05. The molecule has 0 radical (unpaired) electrons. The minimum absolute atomic E-state index is 0.219.